The van der Waals surface area contributed by atoms with Crippen LogP contribution < -0.4 is 11.1 Å². The minimum absolute atomic E-state index is 0.0275. The number of nitrogens with one attached hydrogen (secondary N) is 1. The van der Waals surface area contributed by atoms with Crippen molar-refractivity contribution in [1.29, 1.82) is 0 Å². The number of rotatable bonds is 8. The Hall–Kier alpha value is -3.13. The molecule has 178 valence electrons. The van der Waals surface area contributed by atoms with Gasteiger partial charge in [-0.3, -0.25) is 19.3 Å². The van der Waals surface area contributed by atoms with Gasteiger partial charge in [0.15, 0.2) is 10.8 Å². The molecule has 2 amide bonds. The minimum Gasteiger partial charge on any atom is -0.425 e. The molecule has 3 N–H and O–H groups in total. The summed E-state index contributed by atoms with van der Waals surface area (Å²) in [6, 6.07) is -0.895. The molecule has 2 aliphatic heterocycles. The largest absolute Gasteiger partial charge is 0.425 e. The van der Waals surface area contributed by atoms with E-state index in [4.69, 9.17) is 20.0 Å². The van der Waals surface area contributed by atoms with Crippen LogP contribution in [0.4, 0.5) is 5.13 Å². The highest BCUT2D eigenvalue weighted by molar-refractivity contribution is 8.00. The maximum atomic E-state index is 12.8. The van der Waals surface area contributed by atoms with Gasteiger partial charge in [0.2, 0.25) is 6.29 Å². The third-order valence-electron chi connectivity index (χ3n) is 4.53. The van der Waals surface area contributed by atoms with Crippen molar-refractivity contribution in [3.8, 4) is 0 Å². The lowest BCUT2D eigenvalue weighted by Crippen LogP contribution is -2.70. The van der Waals surface area contributed by atoms with Gasteiger partial charge in [0.05, 0.1) is 5.92 Å². The van der Waals surface area contributed by atoms with E-state index in [0.29, 0.717) is 5.75 Å². The van der Waals surface area contributed by atoms with Crippen LogP contribution in [-0.2, 0) is 33.5 Å². The van der Waals surface area contributed by atoms with Crippen molar-refractivity contribution in [2.24, 2.45) is 11.1 Å². The number of thioether (sulfide) groups is 1. The minimum atomic E-state index is -1.12. The van der Waals surface area contributed by atoms with Crippen LogP contribution in [0.3, 0.4) is 0 Å². The number of hydrogen-bond acceptors (Lipinski definition) is 12. The number of β-lactam (4-membered cyclic amide) rings is 1. The molecule has 3 heterocycles. The molecule has 1 aromatic heterocycles. The van der Waals surface area contributed by atoms with Crippen LogP contribution in [-0.4, -0.2) is 69.9 Å². The Morgan fingerprint density at radius 3 is 2.64 bits per heavy atom. The smallest absolute Gasteiger partial charge is 0.357 e. The molecule has 33 heavy (non-hydrogen) atoms. The number of amides is 2. The zero-order valence-electron chi connectivity index (χ0n) is 18.3. The fraction of sp³-hybridized carbons (Fsp3) is 0.474. The van der Waals surface area contributed by atoms with Crippen LogP contribution >= 0.6 is 23.1 Å². The number of nitrogen functional groups attached to an aromatic ring is 1. The summed E-state index contributed by atoms with van der Waals surface area (Å²) in [5.41, 5.74) is 5.73. The predicted molar refractivity (Wildman–Crippen MR) is 120 cm³/mol. The topological polar surface area (TPSA) is 163 Å². The van der Waals surface area contributed by atoms with E-state index in [1.54, 1.807) is 25.3 Å². The Balaban J connectivity index is 1.65. The first-order chi connectivity index (χ1) is 15.6. The Morgan fingerprint density at radius 2 is 2.03 bits per heavy atom. The lowest BCUT2D eigenvalue weighted by Gasteiger charge is -2.48. The summed E-state index contributed by atoms with van der Waals surface area (Å²) in [5.74, 6) is -2.46. The number of anilines is 1. The van der Waals surface area contributed by atoms with Gasteiger partial charge in [0.1, 0.15) is 29.9 Å². The zero-order valence-corrected chi connectivity index (χ0v) is 19.9. The number of thiazole rings is 1. The van der Waals surface area contributed by atoms with Crippen molar-refractivity contribution >= 4 is 57.7 Å². The highest BCUT2D eigenvalue weighted by Crippen LogP contribution is 2.38. The second-order valence-electron chi connectivity index (χ2n) is 7.23. The number of carbonyl (C=O) groups excluding carboxylic acids is 4. The van der Waals surface area contributed by atoms with Gasteiger partial charge in [0.25, 0.3) is 11.8 Å². The number of nitrogens with two attached hydrogens (primary N) is 1. The number of oxime groups is 1. The van der Waals surface area contributed by atoms with Gasteiger partial charge < -0.3 is 25.4 Å². The van der Waals surface area contributed by atoms with Crippen molar-refractivity contribution in [3.05, 3.63) is 22.8 Å². The normalized spacial score (nSPS) is 20.9. The van der Waals surface area contributed by atoms with E-state index in [0.717, 1.165) is 11.3 Å². The van der Waals surface area contributed by atoms with Crippen LogP contribution in [0.5, 0.6) is 0 Å². The molecule has 1 saturated heterocycles. The number of ether oxygens (including phenoxy) is 2. The summed E-state index contributed by atoms with van der Waals surface area (Å²) in [4.78, 5) is 59.8. The van der Waals surface area contributed by atoms with Gasteiger partial charge >= 0.3 is 11.9 Å². The fourth-order valence-corrected chi connectivity index (χ4v) is 4.71. The molecule has 1 fully saturated rings. The van der Waals surface area contributed by atoms with Crippen LogP contribution in [0.25, 0.3) is 0 Å². The van der Waals surface area contributed by atoms with Crippen molar-refractivity contribution in [2.45, 2.75) is 38.5 Å². The van der Waals surface area contributed by atoms with Crippen molar-refractivity contribution in [2.75, 3.05) is 18.6 Å². The Bertz CT molecular complexity index is 1020. The van der Waals surface area contributed by atoms with Crippen molar-refractivity contribution in [1.82, 2.24) is 15.2 Å². The second kappa shape index (κ2) is 10.2. The molecule has 12 nitrogen and oxygen atoms in total. The van der Waals surface area contributed by atoms with E-state index in [2.05, 4.69) is 15.5 Å². The molecule has 0 aromatic carbocycles. The Morgan fingerprint density at radius 1 is 1.30 bits per heavy atom. The number of carbonyl (C=O) groups is 4. The second-order valence-corrected chi connectivity index (χ2v) is 9.27. The lowest BCUT2D eigenvalue weighted by atomic mass is 10.0. The average Bonchev–Trinajstić information content (AvgIpc) is 3.20. The molecule has 0 spiro atoms. The first-order valence-electron chi connectivity index (χ1n) is 9.83. The SMILES string of the molecule is CON=C(C(=O)NC1C(=O)N2C(C(=O)OC(C)OC(=O)C(C)C)=CCS[C@H]12)c1csc(N)n1. The first kappa shape index (κ1) is 24.5. The average molecular weight is 498 g/mol. The molecule has 3 atom stereocenters. The van der Waals surface area contributed by atoms with E-state index in [1.165, 1.54) is 30.7 Å². The van der Waals surface area contributed by atoms with Crippen LogP contribution in [0.1, 0.15) is 26.5 Å². The molecule has 3 rings (SSSR count). The summed E-state index contributed by atoms with van der Waals surface area (Å²) in [5, 5.41) is 7.57. The Labute approximate surface area is 197 Å². The van der Waals surface area contributed by atoms with Gasteiger partial charge in [0, 0.05) is 18.1 Å². The van der Waals surface area contributed by atoms with Crippen LogP contribution in [0, 0.1) is 5.92 Å². The van der Waals surface area contributed by atoms with E-state index in [-0.39, 0.29) is 28.2 Å². The summed E-state index contributed by atoms with van der Waals surface area (Å²) in [6.45, 7) is 4.72. The van der Waals surface area contributed by atoms with E-state index >= 15 is 0 Å². The maximum Gasteiger partial charge on any atom is 0.357 e. The number of fused-ring (bicyclic) bond motifs is 1. The first-order valence-corrected chi connectivity index (χ1v) is 11.8. The number of nitrogens with zero attached hydrogens (tertiary/aromatic N) is 3. The molecular formula is C19H23N5O7S2. The number of hydrogen-bond donors (Lipinski definition) is 2. The summed E-state index contributed by atoms with van der Waals surface area (Å²) in [6.07, 6.45) is 0.429. The molecule has 2 aliphatic rings. The van der Waals surface area contributed by atoms with Crippen LogP contribution in [0.2, 0.25) is 0 Å². The van der Waals surface area contributed by atoms with E-state index in [1.807, 2.05) is 0 Å². The van der Waals surface area contributed by atoms with Gasteiger partial charge in [-0.1, -0.05) is 19.0 Å². The highest BCUT2D eigenvalue weighted by Gasteiger charge is 2.53. The van der Waals surface area contributed by atoms with Crippen molar-refractivity contribution < 1.29 is 33.5 Å². The molecule has 1 aromatic rings. The molecular weight excluding hydrogens is 474 g/mol. The maximum absolute atomic E-state index is 12.8. The van der Waals surface area contributed by atoms with E-state index in [9.17, 15) is 19.2 Å². The predicted octanol–water partition coefficient (Wildman–Crippen LogP) is 0.448. The quantitative estimate of drug-likeness (QED) is 0.169. The van der Waals surface area contributed by atoms with Gasteiger partial charge in [-0.2, -0.15) is 0 Å². The molecule has 0 aliphatic carbocycles. The van der Waals surface area contributed by atoms with E-state index < -0.39 is 41.5 Å². The summed E-state index contributed by atoms with van der Waals surface area (Å²) in [7, 11) is 1.28. The van der Waals surface area contributed by atoms with Crippen molar-refractivity contribution in [3.63, 3.8) is 0 Å². The standard InChI is InChI=1S/C19H23N5O7S2/c1-8(2)17(27)30-9(3)31-18(28)11-5-6-32-16-13(15(26)24(11)16)22-14(25)12(23-29-4)10-7-33-19(20)21-10/h5,7-9,13,16H,6H2,1-4H3,(H2,20,21)(H,22,25)/t9?,13?,16-/m1/s1. The zero-order chi connectivity index (χ0) is 24.3. The van der Waals surface area contributed by atoms with Gasteiger partial charge in [-0.25, -0.2) is 9.78 Å². The molecule has 14 heteroatoms. The lowest BCUT2D eigenvalue weighted by molar-refractivity contribution is -0.186. The molecule has 0 bridgehead atoms. The third-order valence-corrected chi connectivity index (χ3v) is 6.39. The summed E-state index contributed by atoms with van der Waals surface area (Å²) < 4.78 is 10.2. The monoisotopic (exact) mass is 497 g/mol. The van der Waals surface area contributed by atoms with Gasteiger partial charge in [-0.05, 0) is 6.08 Å². The Kier molecular flexibility index (Phi) is 7.58. The number of aromatic nitrogens is 1. The van der Waals surface area contributed by atoms with Crippen LogP contribution in [0.15, 0.2) is 22.3 Å². The van der Waals surface area contributed by atoms with Gasteiger partial charge in [-0.15, -0.1) is 23.1 Å². The number of esters is 2. The summed E-state index contributed by atoms with van der Waals surface area (Å²) >= 11 is 2.49. The third kappa shape index (κ3) is 5.27. The fourth-order valence-electron chi connectivity index (χ4n) is 2.97. The highest BCUT2D eigenvalue weighted by atomic mass is 32.2. The molecule has 2 unspecified atom stereocenters. The molecule has 0 radical (unpaired) electrons. The molecule has 0 saturated carbocycles.